The van der Waals surface area contributed by atoms with Gasteiger partial charge in [-0.25, -0.2) is 9.59 Å². The lowest BCUT2D eigenvalue weighted by Gasteiger charge is -2.19. The first-order valence-electron chi connectivity index (χ1n) is 6.54. The number of nitrogens with one attached hydrogen (secondary N) is 1. The van der Waals surface area contributed by atoms with Gasteiger partial charge in [0.15, 0.2) is 0 Å². The van der Waals surface area contributed by atoms with Crippen LogP contribution in [0.1, 0.15) is 48.4 Å². The Balaban J connectivity index is 2.64. The van der Waals surface area contributed by atoms with Crippen molar-refractivity contribution in [1.29, 1.82) is 0 Å². The molecule has 0 bridgehead atoms. The summed E-state index contributed by atoms with van der Waals surface area (Å²) in [6, 6.07) is 6.21. The van der Waals surface area contributed by atoms with Gasteiger partial charge in [-0.2, -0.15) is 0 Å². The average molecular weight is 279 g/mol. The van der Waals surface area contributed by atoms with Gasteiger partial charge in [0.05, 0.1) is 11.1 Å². The Labute approximate surface area is 119 Å². The molecule has 0 aliphatic carbocycles. The standard InChI is InChI=1S/C15H21NO4/c1-5-16-10-19-13(17)11-6-8-12(9-7-11)14(18)20-15(2,3)4/h6-9,16H,5,10H2,1-4H3. The van der Waals surface area contributed by atoms with Crippen molar-refractivity contribution in [3.8, 4) is 0 Å². The Bertz CT molecular complexity index is 460. The molecule has 5 heteroatoms. The minimum Gasteiger partial charge on any atom is -0.456 e. The van der Waals surface area contributed by atoms with Crippen LogP contribution in [0, 0.1) is 0 Å². The number of carbonyl (C=O) groups is 2. The second-order valence-corrected chi connectivity index (χ2v) is 5.26. The fourth-order valence-corrected chi connectivity index (χ4v) is 1.38. The van der Waals surface area contributed by atoms with E-state index in [0.29, 0.717) is 11.1 Å². The van der Waals surface area contributed by atoms with E-state index in [1.165, 1.54) is 0 Å². The maximum atomic E-state index is 11.8. The number of benzene rings is 1. The molecule has 0 aliphatic rings. The average Bonchev–Trinajstić information content (AvgIpc) is 2.37. The minimum atomic E-state index is -0.541. The molecule has 20 heavy (non-hydrogen) atoms. The van der Waals surface area contributed by atoms with Crippen LogP contribution in [0.15, 0.2) is 24.3 Å². The van der Waals surface area contributed by atoms with Gasteiger partial charge >= 0.3 is 11.9 Å². The summed E-state index contributed by atoms with van der Waals surface area (Å²) in [5.41, 5.74) is 0.263. The molecule has 0 unspecified atom stereocenters. The van der Waals surface area contributed by atoms with E-state index in [1.807, 2.05) is 6.92 Å². The van der Waals surface area contributed by atoms with Crippen molar-refractivity contribution in [2.24, 2.45) is 0 Å². The van der Waals surface area contributed by atoms with Crippen molar-refractivity contribution in [3.63, 3.8) is 0 Å². The molecule has 1 N–H and O–H groups in total. The molecule has 0 amide bonds. The molecule has 0 aliphatic heterocycles. The molecule has 0 saturated carbocycles. The first-order valence-corrected chi connectivity index (χ1v) is 6.54. The molecule has 0 saturated heterocycles. The van der Waals surface area contributed by atoms with Crippen LogP contribution < -0.4 is 5.32 Å². The molecule has 1 rings (SSSR count). The summed E-state index contributed by atoms with van der Waals surface area (Å²) in [4.78, 5) is 23.5. The number of esters is 2. The third kappa shape index (κ3) is 5.40. The molecule has 0 spiro atoms. The van der Waals surface area contributed by atoms with Crippen molar-refractivity contribution >= 4 is 11.9 Å². The zero-order valence-electron chi connectivity index (χ0n) is 12.4. The van der Waals surface area contributed by atoms with Crippen molar-refractivity contribution in [3.05, 3.63) is 35.4 Å². The largest absolute Gasteiger partial charge is 0.456 e. The summed E-state index contributed by atoms with van der Waals surface area (Å²) in [7, 11) is 0. The van der Waals surface area contributed by atoms with Gasteiger partial charge in [-0.3, -0.25) is 5.32 Å². The van der Waals surface area contributed by atoms with E-state index in [-0.39, 0.29) is 6.73 Å². The number of carbonyl (C=O) groups excluding carboxylic acids is 2. The topological polar surface area (TPSA) is 64.6 Å². The molecule has 0 heterocycles. The van der Waals surface area contributed by atoms with Crippen molar-refractivity contribution in [2.75, 3.05) is 13.3 Å². The SMILES string of the molecule is CCNCOC(=O)c1ccc(C(=O)OC(C)(C)C)cc1. The lowest BCUT2D eigenvalue weighted by Crippen LogP contribution is -2.24. The summed E-state index contributed by atoms with van der Waals surface area (Å²) >= 11 is 0. The second kappa shape index (κ2) is 7.05. The summed E-state index contributed by atoms with van der Waals surface area (Å²) in [5, 5.41) is 2.89. The van der Waals surface area contributed by atoms with Gasteiger partial charge < -0.3 is 9.47 Å². The fraction of sp³-hybridized carbons (Fsp3) is 0.467. The van der Waals surface area contributed by atoms with E-state index < -0.39 is 17.5 Å². The van der Waals surface area contributed by atoms with Gasteiger partial charge in [0.2, 0.25) is 0 Å². The highest BCUT2D eigenvalue weighted by Gasteiger charge is 2.18. The van der Waals surface area contributed by atoms with Crippen LogP contribution in [0.25, 0.3) is 0 Å². The number of rotatable bonds is 5. The predicted octanol–water partition coefficient (Wildman–Crippen LogP) is 2.37. The van der Waals surface area contributed by atoms with E-state index in [4.69, 9.17) is 9.47 Å². The van der Waals surface area contributed by atoms with Crippen LogP contribution in [-0.4, -0.2) is 30.8 Å². The zero-order valence-corrected chi connectivity index (χ0v) is 12.4. The Morgan fingerprint density at radius 1 is 1.05 bits per heavy atom. The predicted molar refractivity (Wildman–Crippen MR) is 75.6 cm³/mol. The summed E-state index contributed by atoms with van der Waals surface area (Å²) in [6.45, 7) is 8.23. The summed E-state index contributed by atoms with van der Waals surface area (Å²) < 4.78 is 10.2. The Hall–Kier alpha value is -1.88. The highest BCUT2D eigenvalue weighted by atomic mass is 16.6. The third-order valence-electron chi connectivity index (χ3n) is 2.31. The first-order chi connectivity index (χ1) is 9.33. The van der Waals surface area contributed by atoms with Gasteiger partial charge in [0.25, 0.3) is 0 Å². The normalized spacial score (nSPS) is 11.0. The van der Waals surface area contributed by atoms with E-state index in [2.05, 4.69) is 5.32 Å². The monoisotopic (exact) mass is 279 g/mol. The molecule has 0 fully saturated rings. The maximum absolute atomic E-state index is 11.8. The van der Waals surface area contributed by atoms with E-state index in [9.17, 15) is 9.59 Å². The van der Waals surface area contributed by atoms with Crippen LogP contribution in [0.3, 0.4) is 0 Å². The fourth-order valence-electron chi connectivity index (χ4n) is 1.38. The minimum absolute atomic E-state index is 0.170. The smallest absolute Gasteiger partial charge is 0.339 e. The van der Waals surface area contributed by atoms with E-state index in [1.54, 1.807) is 45.0 Å². The highest BCUT2D eigenvalue weighted by Crippen LogP contribution is 2.13. The van der Waals surface area contributed by atoms with E-state index in [0.717, 1.165) is 6.54 Å². The third-order valence-corrected chi connectivity index (χ3v) is 2.31. The molecular weight excluding hydrogens is 258 g/mol. The van der Waals surface area contributed by atoms with Crippen molar-refractivity contribution in [1.82, 2.24) is 5.32 Å². The van der Waals surface area contributed by atoms with Gasteiger partial charge in [0.1, 0.15) is 12.3 Å². The molecule has 0 atom stereocenters. The lowest BCUT2D eigenvalue weighted by atomic mass is 10.1. The Kier molecular flexibility index (Phi) is 5.70. The van der Waals surface area contributed by atoms with Gasteiger partial charge in [-0.1, -0.05) is 6.92 Å². The summed E-state index contributed by atoms with van der Waals surface area (Å²) in [6.07, 6.45) is 0. The molecule has 0 aromatic heterocycles. The van der Waals surface area contributed by atoms with Crippen LogP contribution >= 0.6 is 0 Å². The number of hydrogen-bond acceptors (Lipinski definition) is 5. The van der Waals surface area contributed by atoms with Gasteiger partial charge in [0, 0.05) is 0 Å². The second-order valence-electron chi connectivity index (χ2n) is 5.26. The molecule has 110 valence electrons. The van der Waals surface area contributed by atoms with Crippen LogP contribution in [0.4, 0.5) is 0 Å². The Morgan fingerprint density at radius 3 is 2.00 bits per heavy atom. The molecule has 0 radical (unpaired) electrons. The van der Waals surface area contributed by atoms with Crippen LogP contribution in [0.5, 0.6) is 0 Å². The number of ether oxygens (including phenoxy) is 2. The van der Waals surface area contributed by atoms with Crippen molar-refractivity contribution in [2.45, 2.75) is 33.3 Å². The lowest BCUT2D eigenvalue weighted by molar-refractivity contribution is 0.00689. The van der Waals surface area contributed by atoms with Gasteiger partial charge in [-0.15, -0.1) is 0 Å². The maximum Gasteiger partial charge on any atom is 0.339 e. The molecule has 1 aromatic rings. The molecule has 1 aromatic carbocycles. The summed E-state index contributed by atoms with van der Waals surface area (Å²) in [5.74, 6) is -0.841. The van der Waals surface area contributed by atoms with Crippen LogP contribution in [0.2, 0.25) is 0 Å². The van der Waals surface area contributed by atoms with E-state index >= 15 is 0 Å². The van der Waals surface area contributed by atoms with Crippen molar-refractivity contribution < 1.29 is 19.1 Å². The highest BCUT2D eigenvalue weighted by molar-refractivity contribution is 5.93. The first kappa shape index (κ1) is 16.2. The zero-order chi connectivity index (χ0) is 15.2. The quantitative estimate of drug-likeness (QED) is 0.509. The molecular formula is C15H21NO4. The van der Waals surface area contributed by atoms with Gasteiger partial charge in [-0.05, 0) is 51.6 Å². The molecule has 5 nitrogen and oxygen atoms in total. The number of hydrogen-bond donors (Lipinski definition) is 1. The Morgan fingerprint density at radius 2 is 1.55 bits per heavy atom. The van der Waals surface area contributed by atoms with Crippen LogP contribution in [-0.2, 0) is 9.47 Å².